The zero-order valence-corrected chi connectivity index (χ0v) is 19.7. The first-order valence-corrected chi connectivity index (χ1v) is 12.0. The Morgan fingerprint density at radius 3 is 2.56 bits per heavy atom. The maximum atomic E-state index is 13.5. The van der Waals surface area contributed by atoms with E-state index in [-0.39, 0.29) is 17.9 Å². The van der Waals surface area contributed by atoms with Gasteiger partial charge in [-0.2, -0.15) is 0 Å². The maximum Gasteiger partial charge on any atom is 0.254 e. The van der Waals surface area contributed by atoms with Gasteiger partial charge < -0.3 is 24.6 Å². The van der Waals surface area contributed by atoms with Crippen molar-refractivity contribution in [1.82, 2.24) is 15.1 Å². The van der Waals surface area contributed by atoms with E-state index in [0.717, 1.165) is 30.9 Å². The second-order valence-corrected chi connectivity index (χ2v) is 9.32. The van der Waals surface area contributed by atoms with Crippen LogP contribution in [0.1, 0.15) is 52.0 Å². The highest BCUT2D eigenvalue weighted by atomic mass is 32.1. The number of benzene rings is 1. The van der Waals surface area contributed by atoms with Crippen molar-refractivity contribution >= 4 is 23.2 Å². The lowest BCUT2D eigenvalue weighted by Gasteiger charge is -2.39. The second-order valence-electron chi connectivity index (χ2n) is 8.34. The number of amides is 2. The van der Waals surface area contributed by atoms with Crippen LogP contribution in [0.5, 0.6) is 11.5 Å². The molecule has 2 atom stereocenters. The number of fused-ring (bicyclic) bond motifs is 1. The number of likely N-dealkylation sites (tertiary alicyclic amines) is 1. The van der Waals surface area contributed by atoms with Crippen molar-refractivity contribution in [1.29, 1.82) is 0 Å². The lowest BCUT2D eigenvalue weighted by Crippen LogP contribution is -2.45. The maximum absolute atomic E-state index is 13.5. The van der Waals surface area contributed by atoms with Crippen molar-refractivity contribution in [3.8, 4) is 11.5 Å². The number of nitrogens with one attached hydrogen (secondary N) is 1. The van der Waals surface area contributed by atoms with Crippen LogP contribution in [0.4, 0.5) is 0 Å². The van der Waals surface area contributed by atoms with Gasteiger partial charge >= 0.3 is 0 Å². The van der Waals surface area contributed by atoms with Crippen LogP contribution in [0.15, 0.2) is 29.6 Å². The molecule has 0 radical (unpaired) electrons. The summed E-state index contributed by atoms with van der Waals surface area (Å²) in [5.74, 6) is 0.265. The molecular weight excluding hydrogens is 426 g/mol. The number of hydrogen-bond donors (Lipinski definition) is 1. The summed E-state index contributed by atoms with van der Waals surface area (Å²) in [6.45, 7) is 3.92. The summed E-state index contributed by atoms with van der Waals surface area (Å²) < 4.78 is 10.9. The standard InChI is InChI=1S/C24H31N3O4S/c1-26-22(20-8-6-13-32-20)21(23(28)25-9-7-12-27-10-4-5-11-27)16-14-18(30-2)19(31-3)15-17(16)24(26)29/h6,8,13-15,21-22H,4-5,7,9-12H2,1-3H3,(H,25,28)/t21-,22+/m1/s1. The number of nitrogens with zero attached hydrogens (tertiary/aromatic N) is 2. The minimum absolute atomic E-state index is 0.0716. The number of methoxy groups -OCH3 is 2. The molecule has 2 amide bonds. The minimum Gasteiger partial charge on any atom is -0.493 e. The molecule has 172 valence electrons. The highest BCUT2D eigenvalue weighted by molar-refractivity contribution is 7.10. The molecule has 3 heterocycles. The number of thiophene rings is 1. The van der Waals surface area contributed by atoms with Gasteiger partial charge in [-0.05, 0) is 68.0 Å². The van der Waals surface area contributed by atoms with Gasteiger partial charge in [-0.1, -0.05) is 6.07 Å². The monoisotopic (exact) mass is 457 g/mol. The van der Waals surface area contributed by atoms with Crippen LogP contribution in [0.25, 0.3) is 0 Å². The summed E-state index contributed by atoms with van der Waals surface area (Å²) in [5.41, 5.74) is 1.16. The number of carbonyl (C=O) groups is 2. The van der Waals surface area contributed by atoms with E-state index in [0.29, 0.717) is 29.2 Å². The molecule has 1 N–H and O–H groups in total. The average Bonchev–Trinajstić information content (AvgIpc) is 3.52. The number of ether oxygens (including phenoxy) is 2. The highest BCUT2D eigenvalue weighted by Gasteiger charge is 2.44. The van der Waals surface area contributed by atoms with E-state index in [1.54, 1.807) is 49.6 Å². The first-order chi connectivity index (χ1) is 15.5. The predicted octanol–water partition coefficient (Wildman–Crippen LogP) is 3.28. The highest BCUT2D eigenvalue weighted by Crippen LogP contribution is 2.46. The third-order valence-electron chi connectivity index (χ3n) is 6.44. The molecule has 0 unspecified atom stereocenters. The van der Waals surface area contributed by atoms with Gasteiger partial charge in [0.05, 0.1) is 26.2 Å². The molecule has 1 aromatic carbocycles. The van der Waals surface area contributed by atoms with Gasteiger partial charge in [-0.15, -0.1) is 11.3 Å². The van der Waals surface area contributed by atoms with Crippen molar-refractivity contribution in [3.05, 3.63) is 45.6 Å². The average molecular weight is 458 g/mol. The van der Waals surface area contributed by atoms with E-state index < -0.39 is 5.92 Å². The van der Waals surface area contributed by atoms with E-state index in [9.17, 15) is 9.59 Å². The Morgan fingerprint density at radius 2 is 1.91 bits per heavy atom. The van der Waals surface area contributed by atoms with Gasteiger partial charge in [0.25, 0.3) is 5.91 Å². The van der Waals surface area contributed by atoms with E-state index in [1.165, 1.54) is 12.8 Å². The van der Waals surface area contributed by atoms with E-state index in [1.807, 2.05) is 17.5 Å². The molecule has 4 rings (SSSR count). The largest absolute Gasteiger partial charge is 0.493 e. The zero-order valence-electron chi connectivity index (χ0n) is 18.9. The van der Waals surface area contributed by atoms with Crippen molar-refractivity contribution < 1.29 is 19.1 Å². The molecule has 1 saturated heterocycles. The van der Waals surface area contributed by atoms with Gasteiger partial charge in [0.1, 0.15) is 0 Å². The fourth-order valence-electron chi connectivity index (χ4n) is 4.78. The first-order valence-electron chi connectivity index (χ1n) is 11.1. The van der Waals surface area contributed by atoms with E-state index in [2.05, 4.69) is 10.2 Å². The molecule has 1 fully saturated rings. The molecule has 8 heteroatoms. The molecule has 0 saturated carbocycles. The third kappa shape index (κ3) is 4.34. The van der Waals surface area contributed by atoms with Gasteiger partial charge in [0.2, 0.25) is 5.91 Å². The summed E-state index contributed by atoms with van der Waals surface area (Å²) >= 11 is 1.56. The number of likely N-dealkylation sites (N-methyl/N-ethyl adjacent to an activating group) is 1. The Hall–Kier alpha value is -2.58. The Labute approximate surface area is 193 Å². The lowest BCUT2D eigenvalue weighted by atomic mass is 9.81. The minimum atomic E-state index is -0.530. The Balaban J connectivity index is 1.63. The predicted molar refractivity (Wildman–Crippen MR) is 125 cm³/mol. The summed E-state index contributed by atoms with van der Waals surface area (Å²) in [6, 6.07) is 7.04. The molecule has 0 spiro atoms. The van der Waals surface area contributed by atoms with Gasteiger partial charge in [0, 0.05) is 24.0 Å². The SMILES string of the molecule is COc1cc2c(cc1OC)[C@@H](C(=O)NCCCN1CCCC1)[C@H](c1cccs1)N(C)C2=O. The first kappa shape index (κ1) is 22.6. The summed E-state index contributed by atoms with van der Waals surface area (Å²) in [4.78, 5) is 31.9. The molecule has 2 aliphatic heterocycles. The van der Waals surface area contributed by atoms with Gasteiger partial charge in [-0.25, -0.2) is 0 Å². The molecular formula is C24H31N3O4S. The normalized spacial score (nSPS) is 20.8. The van der Waals surface area contributed by atoms with Crippen LogP contribution in [-0.4, -0.2) is 69.1 Å². The fraction of sp³-hybridized carbons (Fsp3) is 0.500. The van der Waals surface area contributed by atoms with E-state index in [4.69, 9.17) is 9.47 Å². The quantitative estimate of drug-likeness (QED) is 0.616. The van der Waals surface area contributed by atoms with Crippen LogP contribution in [0, 0.1) is 0 Å². The summed E-state index contributed by atoms with van der Waals surface area (Å²) in [5, 5.41) is 5.11. The Morgan fingerprint density at radius 1 is 1.19 bits per heavy atom. The molecule has 32 heavy (non-hydrogen) atoms. The molecule has 1 aromatic heterocycles. The van der Waals surface area contributed by atoms with Crippen LogP contribution >= 0.6 is 11.3 Å². The van der Waals surface area contributed by atoms with Crippen LogP contribution in [0.2, 0.25) is 0 Å². The van der Waals surface area contributed by atoms with Crippen LogP contribution < -0.4 is 14.8 Å². The molecule has 0 aliphatic carbocycles. The molecule has 2 aliphatic rings. The van der Waals surface area contributed by atoms with Crippen molar-refractivity contribution in [3.63, 3.8) is 0 Å². The fourth-order valence-corrected chi connectivity index (χ4v) is 5.68. The topological polar surface area (TPSA) is 71.1 Å². The Bertz CT molecular complexity index is 956. The summed E-state index contributed by atoms with van der Waals surface area (Å²) in [7, 11) is 4.87. The lowest BCUT2D eigenvalue weighted by molar-refractivity contribution is -0.124. The van der Waals surface area contributed by atoms with E-state index >= 15 is 0 Å². The van der Waals surface area contributed by atoms with Crippen LogP contribution in [0.3, 0.4) is 0 Å². The number of hydrogen-bond acceptors (Lipinski definition) is 6. The Kier molecular flexibility index (Phi) is 7.01. The van der Waals surface area contributed by atoms with Gasteiger partial charge in [0.15, 0.2) is 11.5 Å². The van der Waals surface area contributed by atoms with Crippen molar-refractivity contribution in [2.24, 2.45) is 0 Å². The van der Waals surface area contributed by atoms with Crippen molar-refractivity contribution in [2.75, 3.05) is 47.4 Å². The smallest absolute Gasteiger partial charge is 0.254 e. The number of rotatable bonds is 8. The summed E-state index contributed by atoms with van der Waals surface area (Å²) in [6.07, 6.45) is 3.44. The zero-order chi connectivity index (χ0) is 22.7. The second kappa shape index (κ2) is 9.92. The van der Waals surface area contributed by atoms with Crippen molar-refractivity contribution in [2.45, 2.75) is 31.2 Å². The number of carbonyl (C=O) groups excluding carboxylic acids is 2. The van der Waals surface area contributed by atoms with Gasteiger partial charge in [-0.3, -0.25) is 9.59 Å². The third-order valence-corrected chi connectivity index (χ3v) is 7.38. The molecule has 7 nitrogen and oxygen atoms in total. The molecule has 2 aromatic rings. The molecule has 0 bridgehead atoms. The van der Waals surface area contributed by atoms with Crippen LogP contribution in [-0.2, 0) is 4.79 Å².